The van der Waals surface area contributed by atoms with Crippen LogP contribution in [-0.2, 0) is 0 Å². The summed E-state index contributed by atoms with van der Waals surface area (Å²) in [6.07, 6.45) is 0.883. The van der Waals surface area contributed by atoms with Crippen LogP contribution < -0.4 is 5.73 Å². The van der Waals surface area contributed by atoms with Crippen LogP contribution in [0.25, 0.3) is 0 Å². The van der Waals surface area contributed by atoms with E-state index in [1.807, 2.05) is 0 Å². The van der Waals surface area contributed by atoms with Gasteiger partial charge in [0.05, 0.1) is 4.92 Å². The quantitative estimate of drug-likeness (QED) is 0.364. The van der Waals surface area contributed by atoms with Crippen molar-refractivity contribution in [3.63, 3.8) is 0 Å². The van der Waals surface area contributed by atoms with Gasteiger partial charge in [-0.05, 0) is 24.5 Å². The molecule has 1 rings (SSSR count). The maximum atomic E-state index is 10.6. The Labute approximate surface area is 109 Å². The number of nitrogens with zero attached hydrogens (tertiary/aromatic N) is 1. The number of aliphatic hydroxyl groups is 1. The first-order valence-corrected chi connectivity index (χ1v) is 5.04. The Morgan fingerprint density at radius 3 is 2.50 bits per heavy atom. The molecule has 0 spiro atoms. The second kappa shape index (κ2) is 7.00. The Balaban J connectivity index is 0.00000289. The largest absolute Gasteiger partial charge is 0.504 e. The lowest BCUT2D eigenvalue weighted by Crippen LogP contribution is -2.11. The van der Waals surface area contributed by atoms with Crippen LogP contribution in [0.3, 0.4) is 0 Å². The topological polar surface area (TPSA) is 130 Å². The molecule has 1 aromatic carbocycles. The predicted molar refractivity (Wildman–Crippen MR) is 66.9 cm³/mol. The molecule has 0 aliphatic heterocycles. The lowest BCUT2D eigenvalue weighted by molar-refractivity contribution is -0.386. The van der Waals surface area contributed by atoms with Crippen LogP contribution >= 0.6 is 12.4 Å². The van der Waals surface area contributed by atoms with Crippen LogP contribution in [0, 0.1) is 10.1 Å². The molecular weight excluding hydrogens is 264 g/mol. The van der Waals surface area contributed by atoms with Crippen molar-refractivity contribution >= 4 is 18.1 Å². The van der Waals surface area contributed by atoms with Gasteiger partial charge in [-0.25, -0.2) is 0 Å². The zero-order valence-electron chi connectivity index (χ0n) is 9.44. The van der Waals surface area contributed by atoms with Crippen LogP contribution in [0.4, 0.5) is 5.69 Å². The van der Waals surface area contributed by atoms with Crippen molar-refractivity contribution in [2.24, 2.45) is 5.73 Å². The maximum Gasteiger partial charge on any atom is 0.314 e. The molecule has 0 fully saturated rings. The molecule has 0 unspecified atom stereocenters. The van der Waals surface area contributed by atoms with E-state index in [1.165, 1.54) is 6.07 Å². The summed E-state index contributed by atoms with van der Waals surface area (Å²) < 4.78 is 0. The summed E-state index contributed by atoms with van der Waals surface area (Å²) in [6, 6.07) is 1.77. The van der Waals surface area contributed by atoms with E-state index in [9.17, 15) is 20.3 Å². The van der Waals surface area contributed by atoms with Crippen LogP contribution in [0.5, 0.6) is 11.5 Å². The third kappa shape index (κ3) is 3.73. The van der Waals surface area contributed by atoms with Gasteiger partial charge in [-0.1, -0.05) is 0 Å². The summed E-state index contributed by atoms with van der Waals surface area (Å²) in [5, 5.41) is 37.9. The predicted octanol–water partition coefficient (Wildman–Crippen LogP) is 1.20. The molecule has 102 valence electrons. The van der Waals surface area contributed by atoms with Crippen LogP contribution in [-0.4, -0.2) is 26.8 Å². The summed E-state index contributed by atoms with van der Waals surface area (Å²) in [5.74, 6) is -1.35. The molecule has 5 N–H and O–H groups in total. The Morgan fingerprint density at radius 1 is 1.39 bits per heavy atom. The zero-order chi connectivity index (χ0) is 13.0. The second-order valence-corrected chi connectivity index (χ2v) is 3.64. The molecule has 0 radical (unpaired) electrons. The van der Waals surface area contributed by atoms with E-state index in [1.54, 1.807) is 0 Å². The standard InChI is InChI=1S/C10H14N2O5.ClH/c11-7(2-1-3-13)6-4-8(12(16)17)10(15)9(14)5-6;/h4-5,7,13-15H,1-3,11H2;1H/t7-;/m0./s1. The van der Waals surface area contributed by atoms with Crippen LogP contribution in [0.2, 0.25) is 0 Å². The molecule has 1 atom stereocenters. The van der Waals surface area contributed by atoms with Gasteiger partial charge in [0.25, 0.3) is 0 Å². The third-order valence-corrected chi connectivity index (χ3v) is 2.39. The Hall–Kier alpha value is -1.57. The van der Waals surface area contributed by atoms with Gasteiger partial charge >= 0.3 is 5.69 Å². The zero-order valence-corrected chi connectivity index (χ0v) is 10.3. The van der Waals surface area contributed by atoms with Crippen molar-refractivity contribution in [1.29, 1.82) is 0 Å². The number of nitro groups is 1. The second-order valence-electron chi connectivity index (χ2n) is 3.64. The van der Waals surface area contributed by atoms with E-state index in [-0.39, 0.29) is 19.0 Å². The Morgan fingerprint density at radius 2 is 2.00 bits per heavy atom. The Kier molecular flexibility index (Phi) is 6.39. The molecule has 0 amide bonds. The number of nitrogens with two attached hydrogens (primary N) is 1. The minimum absolute atomic E-state index is 0. The van der Waals surface area contributed by atoms with E-state index in [0.717, 1.165) is 6.07 Å². The first-order chi connectivity index (χ1) is 7.97. The Bertz CT molecular complexity index is 427. The van der Waals surface area contributed by atoms with Crippen molar-refractivity contribution in [2.45, 2.75) is 18.9 Å². The summed E-state index contributed by atoms with van der Waals surface area (Å²) in [4.78, 5) is 9.82. The number of rotatable bonds is 5. The van der Waals surface area contributed by atoms with Gasteiger partial charge < -0.3 is 21.1 Å². The van der Waals surface area contributed by atoms with Crippen molar-refractivity contribution in [3.8, 4) is 11.5 Å². The van der Waals surface area contributed by atoms with Gasteiger partial charge in [0.1, 0.15) is 0 Å². The fraction of sp³-hybridized carbons (Fsp3) is 0.400. The van der Waals surface area contributed by atoms with Crippen molar-refractivity contribution in [3.05, 3.63) is 27.8 Å². The van der Waals surface area contributed by atoms with Gasteiger partial charge in [0.15, 0.2) is 5.75 Å². The summed E-state index contributed by atoms with van der Waals surface area (Å²) in [6.45, 7) is -0.0279. The maximum absolute atomic E-state index is 10.6. The summed E-state index contributed by atoms with van der Waals surface area (Å²) in [5.41, 5.74) is 5.51. The smallest absolute Gasteiger partial charge is 0.314 e. The number of halogens is 1. The van der Waals surface area contributed by atoms with Gasteiger partial charge in [-0.15, -0.1) is 12.4 Å². The first-order valence-electron chi connectivity index (χ1n) is 5.04. The van der Waals surface area contributed by atoms with E-state index in [0.29, 0.717) is 18.4 Å². The van der Waals surface area contributed by atoms with Gasteiger partial charge in [-0.3, -0.25) is 10.1 Å². The van der Waals surface area contributed by atoms with Gasteiger partial charge in [0.2, 0.25) is 5.75 Å². The lowest BCUT2D eigenvalue weighted by atomic mass is 10.0. The lowest BCUT2D eigenvalue weighted by Gasteiger charge is -2.12. The van der Waals surface area contributed by atoms with Gasteiger partial charge in [0, 0.05) is 18.7 Å². The SMILES string of the molecule is Cl.N[C@@H](CCCO)c1cc(O)c(O)c([N+](=O)[O-])c1. The highest BCUT2D eigenvalue weighted by molar-refractivity contribution is 5.85. The molecule has 7 nitrogen and oxygen atoms in total. The molecule has 0 heterocycles. The number of phenolic OH excluding ortho intramolecular Hbond substituents is 2. The molecule has 0 bridgehead atoms. The van der Waals surface area contributed by atoms with E-state index >= 15 is 0 Å². The third-order valence-electron chi connectivity index (χ3n) is 2.39. The number of phenols is 2. The highest BCUT2D eigenvalue weighted by atomic mass is 35.5. The number of aromatic hydroxyl groups is 2. The highest BCUT2D eigenvalue weighted by Gasteiger charge is 2.20. The number of hydrogen-bond donors (Lipinski definition) is 4. The number of hydrogen-bond acceptors (Lipinski definition) is 6. The summed E-state index contributed by atoms with van der Waals surface area (Å²) in [7, 11) is 0. The van der Waals surface area contributed by atoms with Crippen LogP contribution in [0.15, 0.2) is 12.1 Å². The molecule has 0 aromatic heterocycles. The average Bonchev–Trinajstić information content (AvgIpc) is 2.28. The molecule has 0 aliphatic rings. The molecule has 18 heavy (non-hydrogen) atoms. The molecule has 8 heteroatoms. The van der Waals surface area contributed by atoms with E-state index in [2.05, 4.69) is 0 Å². The fourth-order valence-electron chi connectivity index (χ4n) is 1.46. The normalized spacial score (nSPS) is 11.7. The summed E-state index contributed by atoms with van der Waals surface area (Å²) >= 11 is 0. The molecular formula is C10H15ClN2O5. The molecule has 0 aliphatic carbocycles. The van der Waals surface area contributed by atoms with Crippen molar-refractivity contribution in [2.75, 3.05) is 6.61 Å². The van der Waals surface area contributed by atoms with E-state index in [4.69, 9.17) is 10.8 Å². The fourth-order valence-corrected chi connectivity index (χ4v) is 1.46. The van der Waals surface area contributed by atoms with E-state index < -0.39 is 28.2 Å². The number of benzene rings is 1. The average molecular weight is 279 g/mol. The first kappa shape index (κ1) is 16.4. The highest BCUT2D eigenvalue weighted by Crippen LogP contribution is 2.37. The molecule has 0 saturated heterocycles. The van der Waals surface area contributed by atoms with Crippen molar-refractivity contribution in [1.82, 2.24) is 0 Å². The van der Waals surface area contributed by atoms with Crippen LogP contribution in [0.1, 0.15) is 24.4 Å². The molecule has 0 saturated carbocycles. The minimum atomic E-state index is -0.794. The van der Waals surface area contributed by atoms with Crippen molar-refractivity contribution < 1.29 is 20.2 Å². The molecule has 1 aromatic rings. The monoisotopic (exact) mass is 278 g/mol. The minimum Gasteiger partial charge on any atom is -0.504 e. The van der Waals surface area contributed by atoms with Gasteiger partial charge in [-0.2, -0.15) is 0 Å². The number of aliphatic hydroxyl groups excluding tert-OH is 1. The number of nitro benzene ring substituents is 1.